The fraction of sp³-hybridized carbons (Fsp3) is 0.600. The van der Waals surface area contributed by atoms with Crippen LogP contribution in [0.1, 0.15) is 55.1 Å². The van der Waals surface area contributed by atoms with Crippen LogP contribution in [0.25, 0.3) is 0 Å². The Morgan fingerprint density at radius 3 is 2.95 bits per heavy atom. The number of halogens is 1. The minimum Gasteiger partial charge on any atom is -0.349 e. The minimum absolute atomic E-state index is 0. The van der Waals surface area contributed by atoms with Crippen LogP contribution in [0.2, 0.25) is 0 Å². The monoisotopic (exact) mass is 297 g/mol. The third-order valence-electron chi connectivity index (χ3n) is 3.88. The molecule has 5 heteroatoms. The second-order valence-corrected chi connectivity index (χ2v) is 5.52. The number of rotatable bonds is 3. The van der Waals surface area contributed by atoms with Crippen molar-refractivity contribution < 1.29 is 4.79 Å². The van der Waals surface area contributed by atoms with E-state index in [4.69, 9.17) is 5.73 Å². The van der Waals surface area contributed by atoms with Crippen molar-refractivity contribution >= 4 is 18.3 Å². The second-order valence-electron chi connectivity index (χ2n) is 5.52. The molecule has 2 unspecified atom stereocenters. The van der Waals surface area contributed by atoms with Gasteiger partial charge in [0.15, 0.2) is 0 Å². The van der Waals surface area contributed by atoms with Gasteiger partial charge in [0.05, 0.1) is 5.69 Å². The molecule has 1 aromatic rings. The Labute approximate surface area is 126 Å². The van der Waals surface area contributed by atoms with Crippen LogP contribution in [0, 0.1) is 5.92 Å². The Morgan fingerprint density at radius 1 is 1.40 bits per heavy atom. The lowest BCUT2D eigenvalue weighted by Crippen LogP contribution is -2.34. The van der Waals surface area contributed by atoms with Crippen LogP contribution in [-0.4, -0.2) is 16.9 Å². The highest BCUT2D eigenvalue weighted by molar-refractivity contribution is 5.94. The predicted molar refractivity (Wildman–Crippen MR) is 82.9 cm³/mol. The number of aromatic nitrogens is 1. The smallest absolute Gasteiger partial charge is 0.251 e. The quantitative estimate of drug-likeness (QED) is 0.843. The fourth-order valence-corrected chi connectivity index (χ4v) is 2.63. The zero-order chi connectivity index (χ0) is 13.7. The van der Waals surface area contributed by atoms with E-state index in [1.54, 1.807) is 18.3 Å². The van der Waals surface area contributed by atoms with Gasteiger partial charge in [-0.3, -0.25) is 9.78 Å². The van der Waals surface area contributed by atoms with Gasteiger partial charge in [0.1, 0.15) is 0 Å². The van der Waals surface area contributed by atoms with E-state index in [2.05, 4.69) is 17.2 Å². The van der Waals surface area contributed by atoms with Crippen molar-refractivity contribution in [3.8, 4) is 0 Å². The van der Waals surface area contributed by atoms with Gasteiger partial charge in [-0.2, -0.15) is 0 Å². The summed E-state index contributed by atoms with van der Waals surface area (Å²) in [4.78, 5) is 16.3. The molecule has 0 bridgehead atoms. The zero-order valence-corrected chi connectivity index (χ0v) is 12.8. The van der Waals surface area contributed by atoms with Gasteiger partial charge in [-0.25, -0.2) is 0 Å². The summed E-state index contributed by atoms with van der Waals surface area (Å²) < 4.78 is 0. The standard InChI is InChI=1S/C15H23N3O.ClH/c1-11-3-2-4-13(6-5-11)18-15(19)12-7-8-17-14(9-12)10-16;/h7-9,11,13H,2-6,10,16H2,1H3,(H,18,19);1H. The summed E-state index contributed by atoms with van der Waals surface area (Å²) in [6.45, 7) is 2.66. The first-order valence-corrected chi connectivity index (χ1v) is 7.15. The van der Waals surface area contributed by atoms with E-state index in [1.165, 1.54) is 19.3 Å². The van der Waals surface area contributed by atoms with E-state index in [9.17, 15) is 4.79 Å². The number of hydrogen-bond acceptors (Lipinski definition) is 3. The van der Waals surface area contributed by atoms with E-state index in [-0.39, 0.29) is 18.3 Å². The van der Waals surface area contributed by atoms with Crippen molar-refractivity contribution in [2.75, 3.05) is 0 Å². The van der Waals surface area contributed by atoms with Gasteiger partial charge in [0.25, 0.3) is 5.91 Å². The van der Waals surface area contributed by atoms with Gasteiger partial charge < -0.3 is 11.1 Å². The van der Waals surface area contributed by atoms with Crippen molar-refractivity contribution in [2.45, 2.75) is 51.6 Å². The molecule has 1 saturated carbocycles. The molecule has 1 aliphatic rings. The molecular formula is C15H24ClN3O. The normalized spacial score (nSPS) is 22.5. The molecule has 0 aromatic carbocycles. The van der Waals surface area contributed by atoms with Crippen molar-refractivity contribution in [2.24, 2.45) is 11.7 Å². The summed E-state index contributed by atoms with van der Waals surface area (Å²) in [5.74, 6) is 0.781. The molecule has 2 rings (SSSR count). The highest BCUT2D eigenvalue weighted by Gasteiger charge is 2.18. The molecule has 20 heavy (non-hydrogen) atoms. The Morgan fingerprint density at radius 2 is 2.20 bits per heavy atom. The molecule has 1 amide bonds. The molecule has 1 aliphatic carbocycles. The van der Waals surface area contributed by atoms with E-state index >= 15 is 0 Å². The molecule has 0 aliphatic heterocycles. The van der Waals surface area contributed by atoms with E-state index in [0.29, 0.717) is 18.2 Å². The summed E-state index contributed by atoms with van der Waals surface area (Å²) in [5, 5.41) is 3.14. The lowest BCUT2D eigenvalue weighted by Gasteiger charge is -2.16. The molecule has 0 saturated heterocycles. The van der Waals surface area contributed by atoms with Gasteiger partial charge in [-0.15, -0.1) is 12.4 Å². The topological polar surface area (TPSA) is 68.0 Å². The van der Waals surface area contributed by atoms with Gasteiger partial charge in [-0.1, -0.05) is 19.8 Å². The lowest BCUT2D eigenvalue weighted by molar-refractivity contribution is 0.0933. The van der Waals surface area contributed by atoms with Crippen LogP contribution >= 0.6 is 12.4 Å². The number of pyridine rings is 1. The Bertz CT molecular complexity index is 439. The average Bonchev–Trinajstić information content (AvgIpc) is 2.64. The van der Waals surface area contributed by atoms with E-state index in [0.717, 1.165) is 24.5 Å². The first-order valence-electron chi connectivity index (χ1n) is 7.15. The number of carbonyl (C=O) groups is 1. The molecule has 1 fully saturated rings. The van der Waals surface area contributed by atoms with E-state index < -0.39 is 0 Å². The summed E-state index contributed by atoms with van der Waals surface area (Å²) in [5.41, 5.74) is 6.96. The first-order chi connectivity index (χ1) is 9.19. The largest absolute Gasteiger partial charge is 0.349 e. The number of hydrogen-bond donors (Lipinski definition) is 2. The van der Waals surface area contributed by atoms with Gasteiger partial charge in [0.2, 0.25) is 0 Å². The summed E-state index contributed by atoms with van der Waals surface area (Å²) >= 11 is 0. The van der Waals surface area contributed by atoms with Gasteiger partial charge in [-0.05, 0) is 37.3 Å². The number of nitrogens with two attached hydrogens (primary N) is 1. The van der Waals surface area contributed by atoms with Crippen molar-refractivity contribution in [1.82, 2.24) is 10.3 Å². The number of carbonyl (C=O) groups excluding carboxylic acids is 1. The van der Waals surface area contributed by atoms with E-state index in [1.807, 2.05) is 0 Å². The molecule has 112 valence electrons. The maximum Gasteiger partial charge on any atom is 0.251 e. The third kappa shape index (κ3) is 4.76. The number of amides is 1. The first kappa shape index (κ1) is 16.9. The van der Waals surface area contributed by atoms with Crippen molar-refractivity contribution in [3.05, 3.63) is 29.6 Å². The molecule has 3 N–H and O–H groups in total. The SMILES string of the molecule is CC1CCCC(NC(=O)c2ccnc(CN)c2)CC1.Cl. The number of nitrogens with one attached hydrogen (secondary N) is 1. The fourth-order valence-electron chi connectivity index (χ4n) is 2.63. The van der Waals surface area contributed by atoms with Crippen LogP contribution in [-0.2, 0) is 6.54 Å². The Kier molecular flexibility index (Phi) is 6.96. The van der Waals surface area contributed by atoms with Crippen molar-refractivity contribution in [1.29, 1.82) is 0 Å². The molecule has 2 atom stereocenters. The minimum atomic E-state index is -0.00310. The summed E-state index contributed by atoms with van der Waals surface area (Å²) in [6.07, 6.45) is 7.50. The second kappa shape index (κ2) is 8.22. The van der Waals surface area contributed by atoms with Crippen LogP contribution < -0.4 is 11.1 Å². The van der Waals surface area contributed by atoms with Crippen LogP contribution in [0.3, 0.4) is 0 Å². The van der Waals surface area contributed by atoms with Crippen LogP contribution in [0.4, 0.5) is 0 Å². The molecule has 1 heterocycles. The lowest BCUT2D eigenvalue weighted by atomic mass is 10.0. The molecule has 0 radical (unpaired) electrons. The summed E-state index contributed by atoms with van der Waals surface area (Å²) in [7, 11) is 0. The van der Waals surface area contributed by atoms with Gasteiger partial charge in [0, 0.05) is 24.3 Å². The molecule has 4 nitrogen and oxygen atoms in total. The maximum atomic E-state index is 12.2. The van der Waals surface area contributed by atoms with Gasteiger partial charge >= 0.3 is 0 Å². The van der Waals surface area contributed by atoms with Crippen LogP contribution in [0.15, 0.2) is 18.3 Å². The zero-order valence-electron chi connectivity index (χ0n) is 12.0. The highest BCUT2D eigenvalue weighted by Crippen LogP contribution is 2.22. The average molecular weight is 298 g/mol. The number of nitrogens with zero attached hydrogens (tertiary/aromatic N) is 1. The van der Waals surface area contributed by atoms with Crippen LogP contribution in [0.5, 0.6) is 0 Å². The predicted octanol–water partition coefficient (Wildman–Crippen LogP) is 2.66. The highest BCUT2D eigenvalue weighted by atomic mass is 35.5. The Hall–Kier alpha value is -1.13. The molecule has 0 spiro atoms. The Balaban J connectivity index is 0.00000200. The third-order valence-corrected chi connectivity index (χ3v) is 3.88. The maximum absolute atomic E-state index is 12.2. The molecule has 1 aromatic heterocycles. The van der Waals surface area contributed by atoms with Crippen molar-refractivity contribution in [3.63, 3.8) is 0 Å². The summed E-state index contributed by atoms with van der Waals surface area (Å²) in [6, 6.07) is 3.83. The molecular weight excluding hydrogens is 274 g/mol.